The molecule has 1 aliphatic rings. The number of Topliss-reactive ketones (excluding diaryl/α,β-unsaturated/α-hetero) is 1. The maximum Gasteiger partial charge on any atom is 0.348 e. The second kappa shape index (κ2) is 3.02. The van der Waals surface area contributed by atoms with Gasteiger partial charge in [0.05, 0.1) is 0 Å². The summed E-state index contributed by atoms with van der Waals surface area (Å²) in [4.78, 5) is 21.3. The van der Waals surface area contributed by atoms with Crippen molar-refractivity contribution in [2.45, 2.75) is 6.10 Å². The van der Waals surface area contributed by atoms with Crippen LogP contribution in [0.2, 0.25) is 0 Å². The number of aliphatic hydroxyl groups is 1. The van der Waals surface area contributed by atoms with Crippen LogP contribution in [0.4, 0.5) is 0 Å². The fourth-order valence-corrected chi connectivity index (χ4v) is 0.809. The minimum absolute atomic E-state index is 0.0705. The van der Waals surface area contributed by atoms with Gasteiger partial charge < -0.3 is 9.84 Å². The molecule has 0 radical (unpaired) electrons. The van der Waals surface area contributed by atoms with Crippen LogP contribution < -0.4 is 0 Å². The molecule has 1 saturated heterocycles. The number of carbonyl (C=O) groups is 2. The molecule has 1 heterocycles. The van der Waals surface area contributed by atoms with Gasteiger partial charge >= 0.3 is 5.97 Å². The number of rotatable bonds is 1. The van der Waals surface area contributed by atoms with Gasteiger partial charge in [0.15, 0.2) is 5.76 Å². The Kier molecular flexibility index (Phi) is 2.26. The fraction of sp³-hybridized carbons (Fsp3) is 0.333. The summed E-state index contributed by atoms with van der Waals surface area (Å²) in [6.07, 6.45) is -0.428. The second-order valence-electron chi connectivity index (χ2n) is 1.91. The molecule has 0 bridgehead atoms. The van der Waals surface area contributed by atoms with E-state index >= 15 is 0 Å². The van der Waals surface area contributed by atoms with E-state index in [4.69, 9.17) is 16.7 Å². The van der Waals surface area contributed by atoms with E-state index in [0.29, 0.717) is 0 Å². The number of halogens is 1. The molecular weight excluding hydrogens is 172 g/mol. The maximum atomic E-state index is 10.8. The lowest BCUT2D eigenvalue weighted by molar-refractivity contribution is -0.143. The Labute approximate surface area is 67.4 Å². The molecule has 1 aliphatic heterocycles. The van der Waals surface area contributed by atoms with Gasteiger partial charge in [0.2, 0.25) is 11.9 Å². The molecule has 11 heavy (non-hydrogen) atoms. The third-order valence-corrected chi connectivity index (χ3v) is 1.34. The predicted octanol–water partition coefficient (Wildman–Crippen LogP) is -0.404. The summed E-state index contributed by atoms with van der Waals surface area (Å²) in [6.45, 7) is 0. The van der Waals surface area contributed by atoms with E-state index in [1.807, 2.05) is 0 Å². The topological polar surface area (TPSA) is 63.6 Å². The average molecular weight is 177 g/mol. The van der Waals surface area contributed by atoms with Crippen LogP contribution in [0.15, 0.2) is 11.8 Å². The van der Waals surface area contributed by atoms with Gasteiger partial charge in [-0.3, -0.25) is 4.79 Å². The number of ketones is 1. The standard InChI is InChI=1S/C6H5ClO4/c7-2-1-3-4(8)5(9)6(10)11-3/h1,5,9H,2H2. The first kappa shape index (κ1) is 8.23. The highest BCUT2D eigenvalue weighted by atomic mass is 35.5. The van der Waals surface area contributed by atoms with Gasteiger partial charge in [-0.05, 0) is 6.08 Å². The molecule has 0 aromatic carbocycles. The van der Waals surface area contributed by atoms with Crippen LogP contribution in [0, 0.1) is 0 Å². The average Bonchev–Trinajstić information content (AvgIpc) is 2.19. The number of esters is 1. The number of ether oxygens (including phenoxy) is 1. The lowest BCUT2D eigenvalue weighted by Gasteiger charge is -1.88. The van der Waals surface area contributed by atoms with Gasteiger partial charge in [-0.25, -0.2) is 4.79 Å². The normalized spacial score (nSPS) is 27.8. The van der Waals surface area contributed by atoms with E-state index in [-0.39, 0.29) is 11.6 Å². The van der Waals surface area contributed by atoms with Crippen molar-refractivity contribution in [3.05, 3.63) is 11.8 Å². The van der Waals surface area contributed by atoms with E-state index in [2.05, 4.69) is 4.74 Å². The van der Waals surface area contributed by atoms with Crippen LogP contribution in [0.5, 0.6) is 0 Å². The van der Waals surface area contributed by atoms with Crippen LogP contribution in [0.3, 0.4) is 0 Å². The Bertz CT molecular complexity index is 233. The number of aliphatic hydroxyl groups excluding tert-OH is 1. The van der Waals surface area contributed by atoms with Gasteiger partial charge in [-0.2, -0.15) is 0 Å². The van der Waals surface area contributed by atoms with Gasteiger partial charge in [-0.15, -0.1) is 11.6 Å². The van der Waals surface area contributed by atoms with Crippen molar-refractivity contribution in [1.82, 2.24) is 0 Å². The first-order valence-corrected chi connectivity index (χ1v) is 3.40. The molecule has 0 spiro atoms. The third kappa shape index (κ3) is 1.41. The number of alkyl halides is 1. The Balaban J connectivity index is 2.83. The number of hydrogen-bond donors (Lipinski definition) is 1. The van der Waals surface area contributed by atoms with Crippen LogP contribution >= 0.6 is 11.6 Å². The van der Waals surface area contributed by atoms with E-state index in [1.54, 1.807) is 0 Å². The van der Waals surface area contributed by atoms with Crippen molar-refractivity contribution in [3.63, 3.8) is 0 Å². The zero-order valence-electron chi connectivity index (χ0n) is 5.41. The van der Waals surface area contributed by atoms with Crippen LogP contribution in [0.25, 0.3) is 0 Å². The van der Waals surface area contributed by atoms with Crippen molar-refractivity contribution in [3.8, 4) is 0 Å². The second-order valence-corrected chi connectivity index (χ2v) is 2.22. The van der Waals surface area contributed by atoms with Gasteiger partial charge in [0.1, 0.15) is 0 Å². The molecule has 1 N–H and O–H groups in total. The highest BCUT2D eigenvalue weighted by molar-refractivity contribution is 6.20. The minimum Gasteiger partial charge on any atom is -0.421 e. The molecular formula is C6H5ClO4. The van der Waals surface area contributed by atoms with Gasteiger partial charge in [0.25, 0.3) is 0 Å². The molecule has 4 nitrogen and oxygen atoms in total. The Morgan fingerprint density at radius 1 is 1.64 bits per heavy atom. The maximum absolute atomic E-state index is 10.8. The number of allylic oxidation sites excluding steroid dienone is 1. The quantitative estimate of drug-likeness (QED) is 0.256. The molecule has 0 aliphatic carbocycles. The zero-order valence-corrected chi connectivity index (χ0v) is 6.17. The lowest BCUT2D eigenvalue weighted by Crippen LogP contribution is -2.20. The summed E-state index contributed by atoms with van der Waals surface area (Å²) in [5, 5.41) is 8.76. The van der Waals surface area contributed by atoms with Crippen LogP contribution in [-0.2, 0) is 14.3 Å². The Hall–Kier alpha value is -0.870. The van der Waals surface area contributed by atoms with Crippen molar-refractivity contribution in [2.24, 2.45) is 0 Å². The molecule has 60 valence electrons. The summed E-state index contributed by atoms with van der Waals surface area (Å²) in [7, 11) is 0. The Morgan fingerprint density at radius 3 is 2.64 bits per heavy atom. The minimum atomic E-state index is -1.66. The van der Waals surface area contributed by atoms with Crippen LogP contribution in [-0.4, -0.2) is 28.8 Å². The van der Waals surface area contributed by atoms with E-state index in [1.165, 1.54) is 6.08 Å². The van der Waals surface area contributed by atoms with Gasteiger partial charge in [-0.1, -0.05) is 0 Å². The molecule has 0 saturated carbocycles. The molecule has 0 aromatic heterocycles. The molecule has 5 heteroatoms. The number of hydrogen-bond acceptors (Lipinski definition) is 4. The fourth-order valence-electron chi connectivity index (χ4n) is 0.669. The summed E-state index contributed by atoms with van der Waals surface area (Å²) in [5.74, 6) is -1.76. The summed E-state index contributed by atoms with van der Waals surface area (Å²) in [6, 6.07) is 0. The lowest BCUT2D eigenvalue weighted by atomic mass is 10.2. The molecule has 1 unspecified atom stereocenters. The summed E-state index contributed by atoms with van der Waals surface area (Å²) < 4.78 is 4.36. The predicted molar refractivity (Wildman–Crippen MR) is 35.9 cm³/mol. The zero-order chi connectivity index (χ0) is 8.43. The monoisotopic (exact) mass is 176 g/mol. The van der Waals surface area contributed by atoms with Crippen molar-refractivity contribution >= 4 is 23.4 Å². The molecule has 0 amide bonds. The highest BCUT2D eigenvalue weighted by Crippen LogP contribution is 2.14. The van der Waals surface area contributed by atoms with Crippen molar-refractivity contribution in [2.75, 3.05) is 5.88 Å². The number of carbonyl (C=O) groups excluding carboxylic acids is 2. The van der Waals surface area contributed by atoms with Crippen molar-refractivity contribution < 1.29 is 19.4 Å². The largest absolute Gasteiger partial charge is 0.421 e. The highest BCUT2D eigenvalue weighted by Gasteiger charge is 2.37. The third-order valence-electron chi connectivity index (χ3n) is 1.19. The molecule has 1 rings (SSSR count). The van der Waals surface area contributed by atoms with E-state index in [0.717, 1.165) is 0 Å². The molecule has 1 fully saturated rings. The summed E-state index contributed by atoms with van der Waals surface area (Å²) in [5.41, 5.74) is 0. The smallest absolute Gasteiger partial charge is 0.348 e. The SMILES string of the molecule is O=C1OC(=CCCl)C(=O)C1O. The summed E-state index contributed by atoms with van der Waals surface area (Å²) >= 11 is 5.24. The first-order chi connectivity index (χ1) is 5.16. The van der Waals surface area contributed by atoms with E-state index < -0.39 is 17.9 Å². The Morgan fingerprint density at radius 2 is 2.27 bits per heavy atom. The molecule has 1 atom stereocenters. The van der Waals surface area contributed by atoms with Gasteiger partial charge in [0, 0.05) is 5.88 Å². The molecule has 0 aromatic rings. The number of cyclic esters (lactones) is 1. The van der Waals surface area contributed by atoms with E-state index in [9.17, 15) is 9.59 Å². The van der Waals surface area contributed by atoms with Crippen LogP contribution in [0.1, 0.15) is 0 Å². The first-order valence-electron chi connectivity index (χ1n) is 2.87. The van der Waals surface area contributed by atoms with Crippen molar-refractivity contribution in [1.29, 1.82) is 0 Å².